The van der Waals surface area contributed by atoms with Gasteiger partial charge in [0.15, 0.2) is 0 Å². The van der Waals surface area contributed by atoms with Crippen LogP contribution in [0.5, 0.6) is 0 Å². The Labute approximate surface area is 153 Å². The van der Waals surface area contributed by atoms with Gasteiger partial charge in [-0.25, -0.2) is 12.7 Å². The van der Waals surface area contributed by atoms with E-state index >= 15 is 0 Å². The van der Waals surface area contributed by atoms with Crippen LogP contribution < -0.4 is 5.32 Å². The SMILES string of the molecule is CCCCN(C)S(=O)(=O)c1ccc(NC(=O)c2ccc(Cl)cc2)cc1. The van der Waals surface area contributed by atoms with Gasteiger partial charge in [0.25, 0.3) is 5.91 Å². The average molecular weight is 381 g/mol. The van der Waals surface area contributed by atoms with Crippen molar-refractivity contribution in [1.82, 2.24) is 4.31 Å². The van der Waals surface area contributed by atoms with Crippen LogP contribution in [0.4, 0.5) is 5.69 Å². The fourth-order valence-corrected chi connectivity index (χ4v) is 3.53. The highest BCUT2D eigenvalue weighted by Gasteiger charge is 2.20. The smallest absolute Gasteiger partial charge is 0.255 e. The van der Waals surface area contributed by atoms with Crippen molar-refractivity contribution in [1.29, 1.82) is 0 Å². The van der Waals surface area contributed by atoms with Gasteiger partial charge in [-0.1, -0.05) is 24.9 Å². The number of unbranched alkanes of at least 4 members (excludes halogenated alkanes) is 1. The minimum atomic E-state index is -3.51. The van der Waals surface area contributed by atoms with Gasteiger partial charge in [0.1, 0.15) is 0 Å². The Balaban J connectivity index is 2.09. The molecule has 2 aromatic rings. The Morgan fingerprint density at radius 2 is 1.68 bits per heavy atom. The Morgan fingerprint density at radius 3 is 2.24 bits per heavy atom. The quantitative estimate of drug-likeness (QED) is 0.789. The van der Waals surface area contributed by atoms with Gasteiger partial charge >= 0.3 is 0 Å². The van der Waals surface area contributed by atoms with Crippen LogP contribution in [0.15, 0.2) is 53.4 Å². The fraction of sp³-hybridized carbons (Fsp3) is 0.278. The monoisotopic (exact) mass is 380 g/mol. The summed E-state index contributed by atoms with van der Waals surface area (Å²) in [5.41, 5.74) is 0.996. The van der Waals surface area contributed by atoms with Crippen molar-refractivity contribution in [2.24, 2.45) is 0 Å². The molecule has 0 radical (unpaired) electrons. The molecule has 5 nitrogen and oxygen atoms in total. The van der Waals surface area contributed by atoms with Crippen molar-refractivity contribution in [3.05, 3.63) is 59.1 Å². The van der Waals surface area contributed by atoms with Crippen molar-refractivity contribution in [3.63, 3.8) is 0 Å². The molecule has 1 N–H and O–H groups in total. The first-order chi connectivity index (χ1) is 11.8. The third-order valence-electron chi connectivity index (χ3n) is 3.75. The van der Waals surface area contributed by atoms with Crippen molar-refractivity contribution >= 4 is 33.2 Å². The second-order valence-corrected chi connectivity index (χ2v) is 8.15. The Bertz CT molecular complexity index is 818. The van der Waals surface area contributed by atoms with Crippen LogP contribution in [0.1, 0.15) is 30.1 Å². The summed E-state index contributed by atoms with van der Waals surface area (Å²) in [5.74, 6) is -0.285. The lowest BCUT2D eigenvalue weighted by molar-refractivity contribution is 0.102. The molecule has 0 fully saturated rings. The zero-order valence-electron chi connectivity index (χ0n) is 14.2. The van der Waals surface area contributed by atoms with Crippen molar-refractivity contribution in [2.45, 2.75) is 24.7 Å². The number of benzene rings is 2. The third kappa shape index (κ3) is 5.04. The van der Waals surface area contributed by atoms with Crippen LogP contribution in [-0.2, 0) is 10.0 Å². The van der Waals surface area contributed by atoms with Crippen LogP contribution in [0.3, 0.4) is 0 Å². The van der Waals surface area contributed by atoms with Crippen LogP contribution in [0.2, 0.25) is 5.02 Å². The molecule has 0 unspecified atom stereocenters. The molecule has 0 saturated heterocycles. The molecule has 0 aliphatic carbocycles. The lowest BCUT2D eigenvalue weighted by atomic mass is 10.2. The number of sulfonamides is 1. The summed E-state index contributed by atoms with van der Waals surface area (Å²) in [7, 11) is -1.94. The van der Waals surface area contributed by atoms with Crippen molar-refractivity contribution < 1.29 is 13.2 Å². The van der Waals surface area contributed by atoms with E-state index in [0.29, 0.717) is 22.8 Å². The number of hydrogen-bond donors (Lipinski definition) is 1. The lowest BCUT2D eigenvalue weighted by Crippen LogP contribution is -2.27. The van der Waals surface area contributed by atoms with E-state index in [4.69, 9.17) is 11.6 Å². The number of nitrogens with zero attached hydrogens (tertiary/aromatic N) is 1. The molecule has 0 saturated carbocycles. The maximum atomic E-state index is 12.5. The second kappa shape index (κ2) is 8.47. The molecule has 0 heterocycles. The maximum absolute atomic E-state index is 12.5. The Kier molecular flexibility index (Phi) is 6.58. The first-order valence-electron chi connectivity index (χ1n) is 7.98. The van der Waals surface area contributed by atoms with Crippen LogP contribution in [0.25, 0.3) is 0 Å². The highest BCUT2D eigenvalue weighted by atomic mass is 35.5. The highest BCUT2D eigenvalue weighted by Crippen LogP contribution is 2.19. The van der Waals surface area contributed by atoms with E-state index in [9.17, 15) is 13.2 Å². The Hall–Kier alpha value is -1.89. The molecule has 25 heavy (non-hydrogen) atoms. The van der Waals surface area contributed by atoms with Gasteiger partial charge in [-0.05, 0) is 55.0 Å². The van der Waals surface area contributed by atoms with Crippen LogP contribution in [-0.4, -0.2) is 32.2 Å². The van der Waals surface area contributed by atoms with E-state index in [1.54, 1.807) is 43.4 Å². The summed E-state index contributed by atoms with van der Waals surface area (Å²) in [6, 6.07) is 12.7. The first-order valence-corrected chi connectivity index (χ1v) is 9.79. The first kappa shape index (κ1) is 19.4. The molecule has 0 aliphatic heterocycles. The molecule has 2 rings (SSSR count). The van der Waals surface area contributed by atoms with Gasteiger partial charge in [-0.3, -0.25) is 4.79 Å². The fourth-order valence-electron chi connectivity index (χ4n) is 2.20. The summed E-state index contributed by atoms with van der Waals surface area (Å²) in [6.45, 7) is 2.49. The molecule has 0 spiro atoms. The number of nitrogens with one attached hydrogen (secondary N) is 1. The van der Waals surface area contributed by atoms with E-state index in [1.807, 2.05) is 6.92 Å². The van der Waals surface area contributed by atoms with Crippen molar-refractivity contribution in [2.75, 3.05) is 18.9 Å². The van der Waals surface area contributed by atoms with E-state index in [2.05, 4.69) is 5.32 Å². The predicted molar refractivity (Wildman–Crippen MR) is 101 cm³/mol. The molecular formula is C18H21ClN2O3S. The van der Waals surface area contributed by atoms with Gasteiger partial charge in [-0.15, -0.1) is 0 Å². The number of hydrogen-bond acceptors (Lipinski definition) is 3. The number of carbonyl (C=O) groups is 1. The number of amides is 1. The zero-order valence-corrected chi connectivity index (χ0v) is 15.8. The molecule has 2 aromatic carbocycles. The largest absolute Gasteiger partial charge is 0.322 e. The molecule has 0 atom stereocenters. The number of carbonyl (C=O) groups excluding carboxylic acids is 1. The topological polar surface area (TPSA) is 66.5 Å². The zero-order chi connectivity index (χ0) is 18.4. The summed E-state index contributed by atoms with van der Waals surface area (Å²) >= 11 is 5.80. The summed E-state index contributed by atoms with van der Waals surface area (Å²) in [6.07, 6.45) is 1.74. The summed E-state index contributed by atoms with van der Waals surface area (Å²) < 4.78 is 26.2. The molecular weight excluding hydrogens is 360 g/mol. The molecule has 7 heteroatoms. The maximum Gasteiger partial charge on any atom is 0.255 e. The standard InChI is InChI=1S/C18H21ClN2O3S/c1-3-4-13-21(2)25(23,24)17-11-9-16(10-12-17)20-18(22)14-5-7-15(19)8-6-14/h5-12H,3-4,13H2,1-2H3,(H,20,22). The van der Waals surface area contributed by atoms with Crippen molar-refractivity contribution in [3.8, 4) is 0 Å². The minimum Gasteiger partial charge on any atom is -0.322 e. The van der Waals surface area contributed by atoms with Gasteiger partial charge < -0.3 is 5.32 Å². The van der Waals surface area contributed by atoms with Gasteiger partial charge in [0.05, 0.1) is 4.90 Å². The molecule has 1 amide bonds. The van der Waals surface area contributed by atoms with Crippen LogP contribution >= 0.6 is 11.6 Å². The van der Waals surface area contributed by atoms with Gasteiger partial charge in [0, 0.05) is 29.9 Å². The average Bonchev–Trinajstić information content (AvgIpc) is 2.60. The highest BCUT2D eigenvalue weighted by molar-refractivity contribution is 7.89. The third-order valence-corrected chi connectivity index (χ3v) is 5.88. The van der Waals surface area contributed by atoms with E-state index in [-0.39, 0.29) is 10.8 Å². The van der Waals surface area contributed by atoms with E-state index < -0.39 is 10.0 Å². The number of halogens is 1. The lowest BCUT2D eigenvalue weighted by Gasteiger charge is -2.17. The van der Waals surface area contributed by atoms with Gasteiger partial charge in [-0.2, -0.15) is 0 Å². The molecule has 134 valence electrons. The molecule has 0 aromatic heterocycles. The number of anilines is 1. The normalized spacial score (nSPS) is 11.5. The second-order valence-electron chi connectivity index (χ2n) is 5.67. The summed E-state index contributed by atoms with van der Waals surface area (Å²) in [4.78, 5) is 12.4. The van der Waals surface area contributed by atoms with E-state index in [1.165, 1.54) is 16.4 Å². The van der Waals surface area contributed by atoms with Crippen LogP contribution in [0, 0.1) is 0 Å². The van der Waals surface area contributed by atoms with E-state index in [0.717, 1.165) is 12.8 Å². The molecule has 0 aliphatic rings. The minimum absolute atomic E-state index is 0.204. The summed E-state index contributed by atoms with van der Waals surface area (Å²) in [5, 5.41) is 3.28. The number of rotatable bonds is 7. The van der Waals surface area contributed by atoms with Gasteiger partial charge in [0.2, 0.25) is 10.0 Å². The Morgan fingerprint density at radius 1 is 1.08 bits per heavy atom. The predicted octanol–water partition coefficient (Wildman–Crippen LogP) is 4.01. The molecule has 0 bridgehead atoms.